The SMILES string of the molecule is CN(Cc1cccs1)c1cccc(S(C)(=O)=O)c1N. The molecule has 2 N–H and O–H groups in total. The molecule has 0 amide bonds. The van der Waals surface area contributed by atoms with Crippen LogP contribution in [0.15, 0.2) is 40.6 Å². The molecule has 4 nitrogen and oxygen atoms in total. The molecule has 0 saturated heterocycles. The van der Waals surface area contributed by atoms with Crippen molar-refractivity contribution in [3.63, 3.8) is 0 Å². The Bertz CT molecular complexity index is 664. The summed E-state index contributed by atoms with van der Waals surface area (Å²) in [5.74, 6) is 0. The molecule has 0 unspecified atom stereocenters. The van der Waals surface area contributed by atoms with E-state index in [9.17, 15) is 8.42 Å². The number of benzene rings is 1. The van der Waals surface area contributed by atoms with Crippen molar-refractivity contribution in [2.75, 3.05) is 23.9 Å². The summed E-state index contributed by atoms with van der Waals surface area (Å²) in [6.07, 6.45) is 1.17. The number of para-hydroxylation sites is 1. The maximum absolute atomic E-state index is 11.6. The molecule has 102 valence electrons. The molecular weight excluding hydrogens is 280 g/mol. The molecule has 19 heavy (non-hydrogen) atoms. The summed E-state index contributed by atoms with van der Waals surface area (Å²) in [6.45, 7) is 0.703. The van der Waals surface area contributed by atoms with Crippen LogP contribution >= 0.6 is 11.3 Å². The van der Waals surface area contributed by atoms with E-state index in [0.717, 1.165) is 5.69 Å². The summed E-state index contributed by atoms with van der Waals surface area (Å²) in [5, 5.41) is 2.01. The molecule has 0 fully saturated rings. The molecule has 2 aromatic rings. The number of nitrogens with zero attached hydrogens (tertiary/aromatic N) is 1. The Morgan fingerprint density at radius 2 is 2.00 bits per heavy atom. The van der Waals surface area contributed by atoms with Crippen molar-refractivity contribution in [3.8, 4) is 0 Å². The van der Waals surface area contributed by atoms with Crippen LogP contribution in [0.5, 0.6) is 0 Å². The second-order valence-corrected chi connectivity index (χ2v) is 7.41. The highest BCUT2D eigenvalue weighted by molar-refractivity contribution is 7.90. The molecule has 0 aliphatic carbocycles. The fourth-order valence-electron chi connectivity index (χ4n) is 1.91. The van der Waals surface area contributed by atoms with E-state index in [1.54, 1.807) is 17.4 Å². The second kappa shape index (κ2) is 5.22. The lowest BCUT2D eigenvalue weighted by atomic mass is 10.2. The van der Waals surface area contributed by atoms with Crippen molar-refractivity contribution in [3.05, 3.63) is 40.6 Å². The van der Waals surface area contributed by atoms with Crippen molar-refractivity contribution in [2.45, 2.75) is 11.4 Å². The minimum absolute atomic E-state index is 0.183. The number of anilines is 2. The fraction of sp³-hybridized carbons (Fsp3) is 0.231. The number of thiophene rings is 1. The zero-order valence-corrected chi connectivity index (χ0v) is 12.5. The largest absolute Gasteiger partial charge is 0.396 e. The molecular formula is C13H16N2O2S2. The molecule has 0 spiro atoms. The van der Waals surface area contributed by atoms with E-state index in [4.69, 9.17) is 5.73 Å². The molecule has 0 aliphatic heterocycles. The van der Waals surface area contributed by atoms with Crippen molar-refractivity contribution in [1.29, 1.82) is 0 Å². The van der Waals surface area contributed by atoms with E-state index < -0.39 is 9.84 Å². The Morgan fingerprint density at radius 1 is 1.26 bits per heavy atom. The molecule has 6 heteroatoms. The van der Waals surface area contributed by atoms with Crippen molar-refractivity contribution in [2.24, 2.45) is 0 Å². The first-order valence-corrected chi connectivity index (χ1v) is 8.49. The molecule has 0 aliphatic rings. The Hall–Kier alpha value is -1.53. The third-order valence-electron chi connectivity index (χ3n) is 2.83. The molecule has 1 aromatic carbocycles. The van der Waals surface area contributed by atoms with E-state index >= 15 is 0 Å². The third-order valence-corrected chi connectivity index (χ3v) is 4.84. The fourth-order valence-corrected chi connectivity index (χ4v) is 3.50. The number of nitrogens with two attached hydrogens (primary N) is 1. The average molecular weight is 296 g/mol. The lowest BCUT2D eigenvalue weighted by Gasteiger charge is -2.21. The minimum atomic E-state index is -3.30. The van der Waals surface area contributed by atoms with Crippen LogP contribution in [0, 0.1) is 0 Å². The van der Waals surface area contributed by atoms with Crippen molar-refractivity contribution < 1.29 is 8.42 Å². The lowest BCUT2D eigenvalue weighted by Crippen LogP contribution is -2.18. The Kier molecular flexibility index (Phi) is 3.82. The molecule has 0 saturated carbocycles. The Labute approximate surface area is 117 Å². The van der Waals surface area contributed by atoms with Gasteiger partial charge in [0, 0.05) is 18.2 Å². The van der Waals surface area contributed by atoms with Gasteiger partial charge in [-0.25, -0.2) is 8.42 Å². The first-order valence-electron chi connectivity index (χ1n) is 5.71. The highest BCUT2D eigenvalue weighted by atomic mass is 32.2. The zero-order valence-electron chi connectivity index (χ0n) is 10.8. The van der Waals surface area contributed by atoms with Crippen LogP contribution in [-0.2, 0) is 16.4 Å². The van der Waals surface area contributed by atoms with Gasteiger partial charge in [-0.05, 0) is 23.6 Å². The van der Waals surface area contributed by atoms with Gasteiger partial charge in [0.2, 0.25) is 0 Å². The molecule has 2 rings (SSSR count). The standard InChI is InChI=1S/C13H16N2O2S2/c1-15(9-10-5-4-8-18-10)11-6-3-7-12(13(11)14)19(2,16)17/h3-8H,9,14H2,1-2H3. The van der Waals surface area contributed by atoms with Gasteiger partial charge in [0.05, 0.1) is 22.8 Å². The molecule has 0 radical (unpaired) electrons. The first kappa shape index (κ1) is 13.9. The van der Waals surface area contributed by atoms with Crippen LogP contribution in [0.4, 0.5) is 11.4 Å². The predicted octanol–water partition coefficient (Wildman–Crippen LogP) is 2.37. The molecule has 1 aromatic heterocycles. The van der Waals surface area contributed by atoms with Gasteiger partial charge in [0.15, 0.2) is 9.84 Å². The highest BCUT2D eigenvalue weighted by Crippen LogP contribution is 2.30. The average Bonchev–Trinajstić information content (AvgIpc) is 2.80. The van der Waals surface area contributed by atoms with Crippen LogP contribution in [0.3, 0.4) is 0 Å². The van der Waals surface area contributed by atoms with E-state index in [-0.39, 0.29) is 4.90 Å². The van der Waals surface area contributed by atoms with Crippen LogP contribution in [0.25, 0.3) is 0 Å². The monoisotopic (exact) mass is 296 g/mol. The summed E-state index contributed by atoms with van der Waals surface area (Å²) >= 11 is 1.66. The summed E-state index contributed by atoms with van der Waals surface area (Å²) < 4.78 is 23.3. The van der Waals surface area contributed by atoms with Crippen molar-refractivity contribution in [1.82, 2.24) is 0 Å². The summed E-state index contributed by atoms with van der Waals surface area (Å²) in [5.41, 5.74) is 7.02. The summed E-state index contributed by atoms with van der Waals surface area (Å²) in [6, 6.07) is 9.11. The minimum Gasteiger partial charge on any atom is -0.396 e. The lowest BCUT2D eigenvalue weighted by molar-refractivity contribution is 0.602. The smallest absolute Gasteiger partial charge is 0.177 e. The van der Waals surface area contributed by atoms with Crippen molar-refractivity contribution >= 4 is 32.5 Å². The molecule has 0 bridgehead atoms. The molecule has 0 atom stereocenters. The Morgan fingerprint density at radius 3 is 2.58 bits per heavy atom. The van der Waals surface area contributed by atoms with Gasteiger partial charge in [-0.1, -0.05) is 12.1 Å². The van der Waals surface area contributed by atoms with Crippen LogP contribution in [0.1, 0.15) is 4.88 Å². The second-order valence-electron chi connectivity index (χ2n) is 4.40. The number of rotatable bonds is 4. The third kappa shape index (κ3) is 3.08. The van der Waals surface area contributed by atoms with E-state index in [1.807, 2.05) is 35.5 Å². The maximum atomic E-state index is 11.6. The van der Waals surface area contributed by atoms with E-state index in [2.05, 4.69) is 0 Å². The van der Waals surface area contributed by atoms with Gasteiger partial charge in [-0.3, -0.25) is 0 Å². The number of sulfone groups is 1. The summed E-state index contributed by atoms with van der Waals surface area (Å²) in [4.78, 5) is 3.34. The van der Waals surface area contributed by atoms with Crippen LogP contribution in [-0.4, -0.2) is 21.7 Å². The number of hydrogen-bond donors (Lipinski definition) is 1. The zero-order chi connectivity index (χ0) is 14.0. The van der Waals surface area contributed by atoms with Crippen LogP contribution < -0.4 is 10.6 Å². The maximum Gasteiger partial charge on any atom is 0.177 e. The van der Waals surface area contributed by atoms with Crippen LogP contribution in [0.2, 0.25) is 0 Å². The van der Waals surface area contributed by atoms with Gasteiger partial charge < -0.3 is 10.6 Å². The van der Waals surface area contributed by atoms with Gasteiger partial charge in [-0.15, -0.1) is 11.3 Å². The highest BCUT2D eigenvalue weighted by Gasteiger charge is 2.16. The summed E-state index contributed by atoms with van der Waals surface area (Å²) in [7, 11) is -1.40. The predicted molar refractivity (Wildman–Crippen MR) is 80.4 cm³/mol. The topological polar surface area (TPSA) is 63.4 Å². The molecule has 1 heterocycles. The van der Waals surface area contributed by atoms with Gasteiger partial charge >= 0.3 is 0 Å². The Balaban J connectivity index is 2.35. The van der Waals surface area contributed by atoms with Gasteiger partial charge in [0.1, 0.15) is 0 Å². The first-order chi connectivity index (χ1) is 8.89. The van der Waals surface area contributed by atoms with Gasteiger partial charge in [-0.2, -0.15) is 0 Å². The number of nitrogen functional groups attached to an aromatic ring is 1. The quantitative estimate of drug-likeness (QED) is 0.880. The van der Waals surface area contributed by atoms with E-state index in [0.29, 0.717) is 12.2 Å². The van der Waals surface area contributed by atoms with Gasteiger partial charge in [0.25, 0.3) is 0 Å². The number of hydrogen-bond acceptors (Lipinski definition) is 5. The van der Waals surface area contributed by atoms with E-state index in [1.165, 1.54) is 17.2 Å². The normalized spacial score (nSPS) is 11.5.